The van der Waals surface area contributed by atoms with Crippen LogP contribution < -0.4 is 0 Å². The Hall–Kier alpha value is -1.54. The number of hydrogen-bond donors (Lipinski definition) is 0. The van der Waals surface area contributed by atoms with Crippen molar-refractivity contribution in [3.05, 3.63) is 46.3 Å². The summed E-state index contributed by atoms with van der Waals surface area (Å²) in [6.07, 6.45) is 0.0533. The molecule has 0 aromatic heterocycles. The number of alkyl halides is 1. The van der Waals surface area contributed by atoms with E-state index in [9.17, 15) is 4.39 Å². The smallest absolute Gasteiger partial charge is 0.106 e. The first-order valence-corrected chi connectivity index (χ1v) is 4.52. The van der Waals surface area contributed by atoms with Crippen LogP contribution in [0.3, 0.4) is 0 Å². The Labute approximate surface area is 82.2 Å². The van der Waals surface area contributed by atoms with Crippen LogP contribution >= 0.6 is 0 Å². The van der Waals surface area contributed by atoms with Gasteiger partial charge in [-0.25, -0.2) is 4.39 Å². The highest BCUT2D eigenvalue weighted by molar-refractivity contribution is 5.14. The topological polar surface area (TPSA) is 48.8 Å². The van der Waals surface area contributed by atoms with Crippen molar-refractivity contribution in [1.29, 1.82) is 0 Å². The van der Waals surface area contributed by atoms with E-state index in [0.29, 0.717) is 12.8 Å². The van der Waals surface area contributed by atoms with Gasteiger partial charge in [-0.05, 0) is 23.9 Å². The summed E-state index contributed by atoms with van der Waals surface area (Å²) in [5, 5.41) is 3.19. The van der Waals surface area contributed by atoms with Gasteiger partial charge in [0.25, 0.3) is 0 Å². The molecule has 1 aromatic carbocycles. The molecule has 1 atom stereocenters. The Morgan fingerprint density at radius 3 is 2.71 bits per heavy atom. The second-order valence-corrected chi connectivity index (χ2v) is 3.03. The van der Waals surface area contributed by atoms with Crippen molar-refractivity contribution in [2.45, 2.75) is 19.0 Å². The van der Waals surface area contributed by atoms with E-state index in [1.54, 1.807) is 0 Å². The zero-order chi connectivity index (χ0) is 10.2. The molecule has 0 fully saturated rings. The molecule has 1 unspecified atom stereocenters. The molecule has 0 aliphatic rings. The van der Waals surface area contributed by atoms with Gasteiger partial charge in [-0.3, -0.25) is 0 Å². The third-order valence-corrected chi connectivity index (χ3v) is 1.93. The molecule has 0 amide bonds. The number of aryl methyl sites for hydroxylation is 1. The van der Waals surface area contributed by atoms with Gasteiger partial charge >= 0.3 is 0 Å². The third kappa shape index (κ3) is 3.92. The molecule has 0 heterocycles. The molecule has 3 nitrogen and oxygen atoms in total. The molecule has 0 radical (unpaired) electrons. The minimum atomic E-state index is -1.04. The van der Waals surface area contributed by atoms with Crippen LogP contribution in [0.4, 0.5) is 4.39 Å². The quantitative estimate of drug-likeness (QED) is 0.391. The number of rotatable bonds is 5. The first-order chi connectivity index (χ1) is 6.83. The molecule has 14 heavy (non-hydrogen) atoms. The van der Waals surface area contributed by atoms with Crippen molar-refractivity contribution in [2.24, 2.45) is 5.11 Å². The summed E-state index contributed by atoms with van der Waals surface area (Å²) in [5.74, 6) is 0. The first kappa shape index (κ1) is 10.5. The molecule has 74 valence electrons. The van der Waals surface area contributed by atoms with Crippen molar-refractivity contribution in [3.63, 3.8) is 0 Å². The van der Waals surface area contributed by atoms with E-state index < -0.39 is 6.17 Å². The Bertz CT molecular complexity index is 306. The Morgan fingerprint density at radius 2 is 2.07 bits per heavy atom. The van der Waals surface area contributed by atoms with Gasteiger partial charge in [0.15, 0.2) is 0 Å². The predicted octanol–water partition coefficient (Wildman–Crippen LogP) is 3.27. The highest BCUT2D eigenvalue weighted by Crippen LogP contribution is 2.07. The Balaban J connectivity index is 2.30. The maximum atomic E-state index is 13.0. The summed E-state index contributed by atoms with van der Waals surface area (Å²) in [5.41, 5.74) is 9.10. The molecule has 1 rings (SSSR count). The van der Waals surface area contributed by atoms with Gasteiger partial charge in [-0.2, -0.15) is 0 Å². The minimum Gasteiger partial charge on any atom is -0.247 e. The number of benzene rings is 1. The second-order valence-electron chi connectivity index (χ2n) is 3.03. The number of halogens is 1. The maximum absolute atomic E-state index is 13.0. The Morgan fingerprint density at radius 1 is 1.36 bits per heavy atom. The highest BCUT2D eigenvalue weighted by Gasteiger charge is 2.04. The minimum absolute atomic E-state index is 0.0661. The number of azide groups is 1. The molecule has 0 saturated carbocycles. The van der Waals surface area contributed by atoms with Gasteiger partial charge in [0.05, 0.1) is 6.54 Å². The molecule has 0 aliphatic heterocycles. The molecule has 0 spiro atoms. The van der Waals surface area contributed by atoms with Gasteiger partial charge in [-0.15, -0.1) is 0 Å². The van der Waals surface area contributed by atoms with Gasteiger partial charge < -0.3 is 0 Å². The van der Waals surface area contributed by atoms with E-state index in [2.05, 4.69) is 10.0 Å². The monoisotopic (exact) mass is 193 g/mol. The van der Waals surface area contributed by atoms with Crippen LogP contribution in [0.25, 0.3) is 10.4 Å². The van der Waals surface area contributed by atoms with Crippen molar-refractivity contribution in [2.75, 3.05) is 6.54 Å². The molecule has 0 saturated heterocycles. The first-order valence-electron chi connectivity index (χ1n) is 4.52. The lowest BCUT2D eigenvalue weighted by Gasteiger charge is -2.03. The number of hydrogen-bond acceptors (Lipinski definition) is 1. The van der Waals surface area contributed by atoms with Gasteiger partial charge in [0.2, 0.25) is 0 Å². The molecule has 1 aromatic rings. The lowest BCUT2D eigenvalue weighted by Crippen LogP contribution is -2.05. The fourth-order valence-electron chi connectivity index (χ4n) is 1.18. The van der Waals surface area contributed by atoms with Crippen LogP contribution in [0.2, 0.25) is 0 Å². The average Bonchev–Trinajstić information content (AvgIpc) is 2.25. The number of nitrogens with zero attached hydrogens (tertiary/aromatic N) is 3. The predicted molar refractivity (Wildman–Crippen MR) is 53.7 cm³/mol. The fraction of sp³-hybridized carbons (Fsp3) is 0.400. The normalized spacial score (nSPS) is 11.8. The van der Waals surface area contributed by atoms with E-state index in [4.69, 9.17) is 5.53 Å². The SMILES string of the molecule is [N-]=[N+]=NCC(F)CCc1ccccc1. The van der Waals surface area contributed by atoms with Crippen LogP contribution in [-0.2, 0) is 6.42 Å². The fourth-order valence-corrected chi connectivity index (χ4v) is 1.18. The average molecular weight is 193 g/mol. The van der Waals surface area contributed by atoms with Crippen molar-refractivity contribution < 1.29 is 4.39 Å². The zero-order valence-corrected chi connectivity index (χ0v) is 7.81. The lowest BCUT2D eigenvalue weighted by atomic mass is 10.1. The highest BCUT2D eigenvalue weighted by atomic mass is 19.1. The molecule has 0 N–H and O–H groups in total. The summed E-state index contributed by atoms with van der Waals surface area (Å²) < 4.78 is 13.0. The van der Waals surface area contributed by atoms with Crippen molar-refractivity contribution >= 4 is 0 Å². The van der Waals surface area contributed by atoms with E-state index in [1.165, 1.54) is 0 Å². The van der Waals surface area contributed by atoms with Crippen LogP contribution in [0, 0.1) is 0 Å². The summed E-state index contributed by atoms with van der Waals surface area (Å²) in [6, 6.07) is 9.70. The van der Waals surface area contributed by atoms with Gasteiger partial charge in [0, 0.05) is 4.91 Å². The summed E-state index contributed by atoms with van der Waals surface area (Å²) in [7, 11) is 0. The summed E-state index contributed by atoms with van der Waals surface area (Å²) in [6.45, 7) is -0.0661. The summed E-state index contributed by atoms with van der Waals surface area (Å²) in [4.78, 5) is 2.52. The Kier molecular flexibility index (Phi) is 4.51. The standard InChI is InChI=1S/C10H12FN3/c11-10(8-13-14-12)7-6-9-4-2-1-3-5-9/h1-5,10H,6-8H2. The van der Waals surface area contributed by atoms with Crippen LogP contribution in [0.15, 0.2) is 35.4 Å². The zero-order valence-electron chi connectivity index (χ0n) is 7.81. The second kappa shape index (κ2) is 6.00. The van der Waals surface area contributed by atoms with E-state index in [0.717, 1.165) is 5.56 Å². The largest absolute Gasteiger partial charge is 0.247 e. The molecule has 0 aliphatic carbocycles. The molecule has 4 heteroatoms. The third-order valence-electron chi connectivity index (χ3n) is 1.93. The van der Waals surface area contributed by atoms with Crippen LogP contribution in [0.1, 0.15) is 12.0 Å². The maximum Gasteiger partial charge on any atom is 0.106 e. The van der Waals surface area contributed by atoms with Crippen molar-refractivity contribution in [1.82, 2.24) is 0 Å². The molecular weight excluding hydrogens is 181 g/mol. The summed E-state index contributed by atoms with van der Waals surface area (Å²) >= 11 is 0. The van der Waals surface area contributed by atoms with Gasteiger partial charge in [0.1, 0.15) is 6.17 Å². The molecular formula is C10H12FN3. The van der Waals surface area contributed by atoms with Gasteiger partial charge in [-0.1, -0.05) is 35.4 Å². The van der Waals surface area contributed by atoms with Crippen molar-refractivity contribution in [3.8, 4) is 0 Å². The van der Waals surface area contributed by atoms with E-state index in [1.807, 2.05) is 30.3 Å². The van der Waals surface area contributed by atoms with Crippen LogP contribution in [-0.4, -0.2) is 12.7 Å². The molecule has 0 bridgehead atoms. The lowest BCUT2D eigenvalue weighted by molar-refractivity contribution is 0.322. The van der Waals surface area contributed by atoms with E-state index >= 15 is 0 Å². The van der Waals surface area contributed by atoms with Crippen LogP contribution in [0.5, 0.6) is 0 Å². The van der Waals surface area contributed by atoms with E-state index in [-0.39, 0.29) is 6.54 Å².